The van der Waals surface area contributed by atoms with Crippen molar-refractivity contribution in [2.24, 2.45) is 5.10 Å². The highest BCUT2D eigenvalue weighted by Gasteiger charge is 2.26. The molecule has 1 aliphatic rings. The van der Waals surface area contributed by atoms with Crippen molar-refractivity contribution in [3.8, 4) is 5.75 Å². The molecule has 0 saturated carbocycles. The number of phenolic OH excluding ortho intramolecular Hbond substituents is 1. The number of urea groups is 1. The predicted octanol–water partition coefficient (Wildman–Crippen LogP) is 1.58. The van der Waals surface area contributed by atoms with E-state index in [0.717, 1.165) is 5.01 Å². The minimum absolute atomic E-state index is 0.0749. The van der Waals surface area contributed by atoms with E-state index in [4.69, 9.17) is 23.2 Å². The highest BCUT2D eigenvalue weighted by molar-refractivity contribution is 6.36. The zero-order valence-electron chi connectivity index (χ0n) is 8.85. The summed E-state index contributed by atoms with van der Waals surface area (Å²) in [5.41, 5.74) is 0.250. The van der Waals surface area contributed by atoms with Crippen molar-refractivity contribution in [2.75, 3.05) is 6.54 Å². The van der Waals surface area contributed by atoms with Gasteiger partial charge in [-0.3, -0.25) is 10.1 Å². The predicted molar refractivity (Wildman–Crippen MR) is 66.0 cm³/mol. The lowest BCUT2D eigenvalue weighted by molar-refractivity contribution is -0.118. The van der Waals surface area contributed by atoms with E-state index in [1.807, 2.05) is 0 Å². The number of aromatic hydroxyl groups is 1. The third-order valence-corrected chi connectivity index (χ3v) is 2.67. The molecule has 94 valence electrons. The van der Waals surface area contributed by atoms with Crippen molar-refractivity contribution in [1.82, 2.24) is 10.3 Å². The van der Waals surface area contributed by atoms with Crippen LogP contribution >= 0.6 is 23.2 Å². The van der Waals surface area contributed by atoms with Crippen LogP contribution in [-0.4, -0.2) is 34.8 Å². The number of imide groups is 1. The molecule has 1 aromatic carbocycles. The lowest BCUT2D eigenvalue weighted by Gasteiger charge is -2.06. The topological polar surface area (TPSA) is 82.0 Å². The van der Waals surface area contributed by atoms with Gasteiger partial charge in [0.05, 0.1) is 11.2 Å². The quantitative estimate of drug-likeness (QED) is 0.640. The molecule has 0 unspecified atom stereocenters. The molecule has 0 aromatic heterocycles. The van der Waals surface area contributed by atoms with E-state index in [1.165, 1.54) is 18.3 Å². The van der Waals surface area contributed by atoms with Gasteiger partial charge in [-0.1, -0.05) is 23.2 Å². The van der Waals surface area contributed by atoms with Crippen molar-refractivity contribution in [2.45, 2.75) is 0 Å². The van der Waals surface area contributed by atoms with Crippen LogP contribution in [0, 0.1) is 0 Å². The number of benzene rings is 1. The number of halogens is 2. The molecule has 8 heteroatoms. The lowest BCUT2D eigenvalue weighted by atomic mass is 10.2. The fourth-order valence-electron chi connectivity index (χ4n) is 1.34. The summed E-state index contributed by atoms with van der Waals surface area (Å²) in [7, 11) is 0. The average Bonchev–Trinajstić information content (AvgIpc) is 2.60. The Kier molecular flexibility index (Phi) is 3.40. The first-order valence-electron chi connectivity index (χ1n) is 4.80. The van der Waals surface area contributed by atoms with Crippen LogP contribution in [0.2, 0.25) is 10.0 Å². The van der Waals surface area contributed by atoms with Gasteiger partial charge in [-0.25, -0.2) is 9.80 Å². The number of hydrogen-bond donors (Lipinski definition) is 2. The first-order valence-corrected chi connectivity index (χ1v) is 5.56. The van der Waals surface area contributed by atoms with E-state index in [2.05, 4.69) is 10.4 Å². The Morgan fingerprint density at radius 2 is 2.11 bits per heavy atom. The number of phenols is 1. The number of hydrogen-bond acceptors (Lipinski definition) is 4. The average molecular weight is 288 g/mol. The Morgan fingerprint density at radius 1 is 1.39 bits per heavy atom. The molecule has 1 fully saturated rings. The van der Waals surface area contributed by atoms with Crippen LogP contribution in [0.3, 0.4) is 0 Å². The summed E-state index contributed by atoms with van der Waals surface area (Å²) in [6, 6.07) is 2.19. The number of hydrazone groups is 1. The van der Waals surface area contributed by atoms with Gasteiger partial charge in [0.25, 0.3) is 0 Å². The lowest BCUT2D eigenvalue weighted by Crippen LogP contribution is -2.24. The largest absolute Gasteiger partial charge is 0.506 e. The van der Waals surface area contributed by atoms with E-state index in [0.29, 0.717) is 5.02 Å². The van der Waals surface area contributed by atoms with Gasteiger partial charge < -0.3 is 5.11 Å². The standard InChI is InChI=1S/C10H7Cl2N3O3/c11-6-1-5(9(17)7(12)2-6)3-13-15-4-8(16)14-10(15)18/h1-3,17H,4H2,(H,14,16,18)/b13-3+. The Labute approximate surface area is 112 Å². The first-order chi connectivity index (χ1) is 8.47. The van der Waals surface area contributed by atoms with Gasteiger partial charge in [0.2, 0.25) is 5.91 Å². The second-order valence-corrected chi connectivity index (χ2v) is 4.32. The molecule has 2 rings (SSSR count). The molecule has 0 aliphatic carbocycles. The molecule has 1 heterocycles. The smallest absolute Gasteiger partial charge is 0.344 e. The van der Waals surface area contributed by atoms with Gasteiger partial charge in [-0.2, -0.15) is 5.10 Å². The maximum absolute atomic E-state index is 11.2. The number of nitrogens with zero attached hydrogens (tertiary/aromatic N) is 2. The summed E-state index contributed by atoms with van der Waals surface area (Å²) in [5.74, 6) is -0.638. The highest BCUT2D eigenvalue weighted by atomic mass is 35.5. The number of carbonyl (C=O) groups excluding carboxylic acids is 2. The maximum Gasteiger partial charge on any atom is 0.344 e. The number of carbonyl (C=O) groups is 2. The fraction of sp³-hybridized carbons (Fsp3) is 0.100. The van der Waals surface area contributed by atoms with Crippen LogP contribution in [-0.2, 0) is 4.79 Å². The van der Waals surface area contributed by atoms with Crippen molar-refractivity contribution in [1.29, 1.82) is 0 Å². The van der Waals surface area contributed by atoms with Gasteiger partial charge in [-0.15, -0.1) is 0 Å². The second-order valence-electron chi connectivity index (χ2n) is 3.48. The zero-order valence-corrected chi connectivity index (χ0v) is 10.4. The van der Waals surface area contributed by atoms with Crippen molar-refractivity contribution in [3.05, 3.63) is 27.7 Å². The normalized spacial score (nSPS) is 15.6. The van der Waals surface area contributed by atoms with Crippen molar-refractivity contribution in [3.63, 3.8) is 0 Å². The number of rotatable bonds is 2. The Morgan fingerprint density at radius 3 is 2.72 bits per heavy atom. The monoisotopic (exact) mass is 287 g/mol. The molecule has 18 heavy (non-hydrogen) atoms. The van der Waals surface area contributed by atoms with Crippen molar-refractivity contribution < 1.29 is 14.7 Å². The van der Waals surface area contributed by atoms with E-state index >= 15 is 0 Å². The molecule has 2 N–H and O–H groups in total. The molecule has 1 aromatic rings. The van der Waals surface area contributed by atoms with Crippen LogP contribution in [0.15, 0.2) is 17.2 Å². The summed E-state index contributed by atoms with van der Waals surface area (Å²) in [4.78, 5) is 22.1. The molecule has 1 saturated heterocycles. The molecule has 0 radical (unpaired) electrons. The van der Waals surface area contributed by atoms with E-state index in [-0.39, 0.29) is 22.9 Å². The molecule has 0 bridgehead atoms. The Bertz CT molecular complexity index is 560. The molecule has 0 atom stereocenters. The first kappa shape index (κ1) is 12.7. The SMILES string of the molecule is O=C1CN(/N=C/c2cc(Cl)cc(Cl)c2O)C(=O)N1. The highest BCUT2D eigenvalue weighted by Crippen LogP contribution is 2.30. The van der Waals surface area contributed by atoms with Gasteiger partial charge in [0.1, 0.15) is 12.3 Å². The zero-order chi connectivity index (χ0) is 13.3. The van der Waals surface area contributed by atoms with Crippen LogP contribution in [0.4, 0.5) is 4.79 Å². The molecule has 1 aliphatic heterocycles. The summed E-state index contributed by atoms with van der Waals surface area (Å²) < 4.78 is 0. The van der Waals surface area contributed by atoms with Gasteiger partial charge in [0, 0.05) is 10.6 Å². The number of nitrogens with one attached hydrogen (secondary N) is 1. The Hall–Kier alpha value is -1.79. The van der Waals surface area contributed by atoms with Crippen LogP contribution < -0.4 is 5.32 Å². The van der Waals surface area contributed by atoms with Gasteiger partial charge >= 0.3 is 6.03 Å². The van der Waals surface area contributed by atoms with E-state index in [1.54, 1.807) is 0 Å². The fourth-order valence-corrected chi connectivity index (χ4v) is 1.85. The molecule has 0 spiro atoms. The van der Waals surface area contributed by atoms with Gasteiger partial charge in [0.15, 0.2) is 0 Å². The van der Waals surface area contributed by atoms with Crippen LogP contribution in [0.1, 0.15) is 5.56 Å². The molecular weight excluding hydrogens is 281 g/mol. The van der Waals surface area contributed by atoms with Crippen molar-refractivity contribution >= 4 is 41.4 Å². The van der Waals surface area contributed by atoms with Crippen LogP contribution in [0.5, 0.6) is 5.75 Å². The third kappa shape index (κ3) is 2.55. The second kappa shape index (κ2) is 4.83. The summed E-state index contributed by atoms with van der Waals surface area (Å²) in [6.45, 7) is -0.162. The molecule has 6 nitrogen and oxygen atoms in total. The Balaban J connectivity index is 2.24. The van der Waals surface area contributed by atoms with Gasteiger partial charge in [-0.05, 0) is 12.1 Å². The maximum atomic E-state index is 11.2. The minimum Gasteiger partial charge on any atom is -0.506 e. The molecule has 3 amide bonds. The minimum atomic E-state index is -0.621. The van der Waals surface area contributed by atoms with E-state index in [9.17, 15) is 14.7 Å². The third-order valence-electron chi connectivity index (χ3n) is 2.17. The molecular formula is C10H7Cl2N3O3. The number of amides is 3. The summed E-state index contributed by atoms with van der Waals surface area (Å²) >= 11 is 11.5. The summed E-state index contributed by atoms with van der Waals surface area (Å²) in [5, 5.41) is 16.8. The summed E-state index contributed by atoms with van der Waals surface area (Å²) in [6.07, 6.45) is 1.20. The van der Waals surface area contributed by atoms with E-state index < -0.39 is 11.9 Å². The van der Waals surface area contributed by atoms with Crippen LogP contribution in [0.25, 0.3) is 0 Å².